The average molecular weight is 503 g/mol. The fourth-order valence-corrected chi connectivity index (χ4v) is 5.29. The Labute approximate surface area is 198 Å². The van der Waals surface area contributed by atoms with E-state index in [0.29, 0.717) is 37.4 Å². The van der Waals surface area contributed by atoms with Gasteiger partial charge in [-0.2, -0.15) is 0 Å². The van der Waals surface area contributed by atoms with E-state index in [1.807, 2.05) is 6.92 Å². The van der Waals surface area contributed by atoms with Gasteiger partial charge in [0.05, 0.1) is 16.6 Å². The van der Waals surface area contributed by atoms with Crippen LogP contribution in [-0.4, -0.2) is 50.1 Å². The summed E-state index contributed by atoms with van der Waals surface area (Å²) in [5.41, 5.74) is -0.379. The van der Waals surface area contributed by atoms with Gasteiger partial charge in [0.15, 0.2) is 0 Å². The van der Waals surface area contributed by atoms with Gasteiger partial charge in [0.25, 0.3) is 10.0 Å². The van der Waals surface area contributed by atoms with Crippen LogP contribution in [-0.2, 0) is 14.8 Å². The Morgan fingerprint density at radius 2 is 1.82 bits per heavy atom. The highest BCUT2D eigenvalue weighted by molar-refractivity contribution is 7.92. The van der Waals surface area contributed by atoms with Crippen molar-refractivity contribution in [1.82, 2.24) is 4.90 Å². The van der Waals surface area contributed by atoms with Gasteiger partial charge in [0.1, 0.15) is 11.6 Å². The van der Waals surface area contributed by atoms with Gasteiger partial charge in [-0.25, -0.2) is 17.2 Å². The number of amides is 1. The zero-order valence-electron chi connectivity index (χ0n) is 18.7. The second-order valence-corrected chi connectivity index (χ2v) is 9.94. The van der Waals surface area contributed by atoms with Crippen molar-refractivity contribution < 1.29 is 27.1 Å². The molecular weight excluding hydrogens is 474 g/mol. The van der Waals surface area contributed by atoms with Gasteiger partial charge >= 0.3 is 0 Å². The molecule has 1 unspecified atom stereocenters. The average Bonchev–Trinajstić information content (AvgIpc) is 3.03. The van der Waals surface area contributed by atoms with E-state index in [-0.39, 0.29) is 23.0 Å². The van der Waals surface area contributed by atoms with Gasteiger partial charge in [0.2, 0.25) is 5.91 Å². The number of carbonyl (C=O) groups excluding carboxylic acids is 1. The summed E-state index contributed by atoms with van der Waals surface area (Å²) in [6.07, 6.45) is 2.64. The molecule has 3 rings (SSSR count). The highest BCUT2D eigenvalue weighted by Crippen LogP contribution is 2.32. The Bertz CT molecular complexity index is 1030. The largest absolute Gasteiger partial charge is 0.396 e. The maximum atomic E-state index is 14.7. The first kappa shape index (κ1) is 27.0. The van der Waals surface area contributed by atoms with E-state index < -0.39 is 27.7 Å². The number of hydrogen-bond donors (Lipinski definition) is 1. The molecule has 182 valence electrons. The fraction of sp³-hybridized carbons (Fsp3) is 0.435. The quantitative estimate of drug-likeness (QED) is 0.648. The number of anilines is 1. The number of carbonyl (C=O) groups is 1. The molecule has 1 saturated heterocycles. The number of nitrogens with zero attached hydrogens (tertiary/aromatic N) is 2. The molecule has 6 nitrogen and oxygen atoms in total. The molecule has 33 heavy (non-hydrogen) atoms. The minimum atomic E-state index is -4.25. The van der Waals surface area contributed by atoms with Crippen LogP contribution < -0.4 is 4.31 Å². The van der Waals surface area contributed by atoms with E-state index in [9.17, 15) is 22.0 Å². The molecule has 0 aromatic heterocycles. The Hall–Kier alpha value is -2.23. The Balaban J connectivity index is 0.000000890. The van der Waals surface area contributed by atoms with Crippen molar-refractivity contribution in [2.75, 3.05) is 24.0 Å². The first-order valence-corrected chi connectivity index (χ1v) is 12.5. The molecule has 1 aliphatic rings. The molecule has 1 amide bonds. The van der Waals surface area contributed by atoms with E-state index in [1.165, 1.54) is 31.2 Å². The van der Waals surface area contributed by atoms with Gasteiger partial charge in [-0.3, -0.25) is 9.10 Å². The topological polar surface area (TPSA) is 77.9 Å². The van der Waals surface area contributed by atoms with Crippen LogP contribution >= 0.6 is 11.6 Å². The SMILES string of the molecule is CC(=O)N1CCCCC(N(c2cc(F)ccc2F)S(=O)(=O)c2ccc(Cl)cc2)C1.CCCO. The molecule has 1 atom stereocenters. The summed E-state index contributed by atoms with van der Waals surface area (Å²) in [5.74, 6) is -1.81. The summed E-state index contributed by atoms with van der Waals surface area (Å²) in [7, 11) is -4.25. The number of likely N-dealkylation sites (tertiary alicyclic amines) is 1. The summed E-state index contributed by atoms with van der Waals surface area (Å²) < 4.78 is 56.5. The van der Waals surface area contributed by atoms with Gasteiger partial charge in [-0.15, -0.1) is 0 Å². The number of hydrogen-bond acceptors (Lipinski definition) is 4. The lowest BCUT2D eigenvalue weighted by molar-refractivity contribution is -0.128. The van der Waals surface area contributed by atoms with Crippen molar-refractivity contribution in [3.8, 4) is 0 Å². The predicted octanol–water partition coefficient (Wildman–Crippen LogP) is 4.60. The van der Waals surface area contributed by atoms with Crippen LogP contribution in [0.3, 0.4) is 0 Å². The van der Waals surface area contributed by atoms with Crippen molar-refractivity contribution in [2.24, 2.45) is 0 Å². The number of aliphatic hydroxyl groups excluding tert-OH is 1. The number of benzene rings is 2. The van der Waals surface area contributed by atoms with E-state index in [1.54, 1.807) is 4.90 Å². The molecule has 1 N–H and O–H groups in total. The molecule has 1 heterocycles. The first-order valence-electron chi connectivity index (χ1n) is 10.7. The molecule has 10 heteroatoms. The van der Waals surface area contributed by atoms with Crippen LogP contribution in [0.15, 0.2) is 47.4 Å². The molecule has 0 saturated carbocycles. The van der Waals surface area contributed by atoms with Crippen molar-refractivity contribution in [1.29, 1.82) is 0 Å². The number of sulfonamides is 1. The van der Waals surface area contributed by atoms with Crippen molar-refractivity contribution in [3.05, 3.63) is 59.1 Å². The fourth-order valence-electron chi connectivity index (χ4n) is 3.49. The molecule has 0 spiro atoms. The second kappa shape index (κ2) is 12.3. The number of halogens is 3. The number of aliphatic hydroxyl groups is 1. The summed E-state index contributed by atoms with van der Waals surface area (Å²) in [6.45, 7) is 4.24. The van der Waals surface area contributed by atoms with E-state index >= 15 is 0 Å². The molecule has 1 fully saturated rings. The van der Waals surface area contributed by atoms with Gasteiger partial charge < -0.3 is 10.0 Å². The number of rotatable bonds is 5. The molecule has 0 bridgehead atoms. The summed E-state index contributed by atoms with van der Waals surface area (Å²) in [6, 6.07) is 7.44. The van der Waals surface area contributed by atoms with Gasteiger partial charge in [-0.1, -0.05) is 18.5 Å². The third kappa shape index (κ3) is 7.12. The Morgan fingerprint density at radius 3 is 2.39 bits per heavy atom. The van der Waals surface area contributed by atoms with Crippen molar-refractivity contribution >= 4 is 33.2 Å². The normalized spacial score (nSPS) is 16.4. The molecular formula is C23H29ClF2N2O4S. The van der Waals surface area contributed by atoms with E-state index in [2.05, 4.69) is 0 Å². The van der Waals surface area contributed by atoms with E-state index in [4.69, 9.17) is 16.7 Å². The van der Waals surface area contributed by atoms with Crippen LogP contribution in [0.25, 0.3) is 0 Å². The maximum Gasteiger partial charge on any atom is 0.264 e. The predicted molar refractivity (Wildman–Crippen MR) is 125 cm³/mol. The van der Waals surface area contributed by atoms with Crippen LogP contribution in [0.4, 0.5) is 14.5 Å². The molecule has 1 aliphatic heterocycles. The van der Waals surface area contributed by atoms with Gasteiger partial charge in [0, 0.05) is 37.7 Å². The molecule has 2 aromatic rings. The summed E-state index contributed by atoms with van der Waals surface area (Å²) in [4.78, 5) is 13.4. The van der Waals surface area contributed by atoms with Gasteiger partial charge in [-0.05, 0) is 62.1 Å². The highest BCUT2D eigenvalue weighted by Gasteiger charge is 2.36. The maximum absolute atomic E-state index is 14.7. The minimum absolute atomic E-state index is 0.0933. The van der Waals surface area contributed by atoms with Crippen molar-refractivity contribution in [3.63, 3.8) is 0 Å². The second-order valence-electron chi connectivity index (χ2n) is 7.69. The van der Waals surface area contributed by atoms with Crippen LogP contribution in [0.5, 0.6) is 0 Å². The summed E-state index contributed by atoms with van der Waals surface area (Å²) >= 11 is 5.87. The lowest BCUT2D eigenvalue weighted by Gasteiger charge is -2.34. The van der Waals surface area contributed by atoms with E-state index in [0.717, 1.165) is 28.9 Å². The standard InChI is InChI=1S/C20H21ClF2N2O3S.C3H8O/c1-14(26)24-11-3-2-4-17(13-24)25(20-12-16(22)7-10-19(20)23)29(27,28)18-8-5-15(21)6-9-18;1-2-3-4/h5-10,12,17H,2-4,11,13H2,1H3;4H,2-3H2,1H3. The molecule has 0 radical (unpaired) electrons. The van der Waals surface area contributed by atoms with Crippen molar-refractivity contribution in [2.45, 2.75) is 50.5 Å². The zero-order valence-corrected chi connectivity index (χ0v) is 20.2. The van der Waals surface area contributed by atoms with Crippen LogP contribution in [0.2, 0.25) is 5.02 Å². The highest BCUT2D eigenvalue weighted by atomic mass is 35.5. The van der Waals surface area contributed by atoms with Crippen LogP contribution in [0.1, 0.15) is 39.5 Å². The summed E-state index contributed by atoms with van der Waals surface area (Å²) in [5, 5.41) is 8.23. The molecule has 0 aliphatic carbocycles. The lowest BCUT2D eigenvalue weighted by atomic mass is 10.1. The third-order valence-electron chi connectivity index (χ3n) is 5.16. The Kier molecular flexibility index (Phi) is 10.1. The smallest absolute Gasteiger partial charge is 0.264 e. The Morgan fingerprint density at radius 1 is 1.18 bits per heavy atom. The lowest BCUT2D eigenvalue weighted by Crippen LogP contribution is -2.47. The van der Waals surface area contributed by atoms with Crippen LogP contribution in [0, 0.1) is 11.6 Å². The third-order valence-corrected chi connectivity index (χ3v) is 7.30. The zero-order chi connectivity index (χ0) is 24.6. The molecule has 2 aromatic carbocycles. The monoisotopic (exact) mass is 502 g/mol. The first-order chi connectivity index (χ1) is 15.6. The minimum Gasteiger partial charge on any atom is -0.396 e.